The molecule has 10 heteroatoms. The highest BCUT2D eigenvalue weighted by Gasteiger charge is 2.44. The van der Waals surface area contributed by atoms with Crippen molar-refractivity contribution in [1.29, 1.82) is 0 Å². The Kier molecular flexibility index (Phi) is 7.04. The van der Waals surface area contributed by atoms with Gasteiger partial charge in [-0.1, -0.05) is 6.07 Å². The maximum Gasteiger partial charge on any atom is 0.935 e. The fourth-order valence-electron chi connectivity index (χ4n) is 3.82. The maximum absolute atomic E-state index is 14.2. The van der Waals surface area contributed by atoms with Crippen molar-refractivity contribution in [2.45, 2.75) is 13.3 Å². The number of nitro groups is 1. The fraction of sp³-hybridized carbons (Fsp3) is 0.227. The third-order valence-electron chi connectivity index (χ3n) is 5.23. The first-order valence-electron chi connectivity index (χ1n) is 9.97. The van der Waals surface area contributed by atoms with E-state index in [2.05, 4.69) is 0 Å². The Morgan fingerprint density at radius 2 is 2.09 bits per heavy atom. The summed E-state index contributed by atoms with van der Waals surface area (Å²) in [5.74, 6) is 0.129. The van der Waals surface area contributed by atoms with Crippen molar-refractivity contribution in [3.05, 3.63) is 81.3 Å². The van der Waals surface area contributed by atoms with Gasteiger partial charge in [0.25, 0.3) is 0 Å². The van der Waals surface area contributed by atoms with E-state index in [-0.39, 0.29) is 17.1 Å². The molecule has 0 saturated heterocycles. The van der Waals surface area contributed by atoms with Crippen LogP contribution in [0.3, 0.4) is 0 Å². The van der Waals surface area contributed by atoms with Crippen molar-refractivity contribution < 1.29 is 22.8 Å². The molecule has 0 radical (unpaired) electrons. The number of rotatable bonds is 8. The molecule has 2 heterocycles. The average Bonchev–Trinajstić information content (AvgIpc) is 3.33. The number of nitro benzene ring substituents is 1. The monoisotopic (exact) mass is 441 g/mol. The first kappa shape index (κ1) is 23.1. The van der Waals surface area contributed by atoms with Crippen LogP contribution in [0.15, 0.2) is 60.0 Å². The SMILES string of the molecule is COc1ccc(/C=C/C2=[N+](B(F)F)C(=C(/CCN)c3cccn3C)/C(C)=C2)cc1[N+](=O)[O-]. The maximum atomic E-state index is 14.2. The lowest BCUT2D eigenvalue weighted by molar-refractivity contribution is -0.385. The van der Waals surface area contributed by atoms with Crippen LogP contribution in [0.2, 0.25) is 0 Å². The molecule has 2 N–H and O–H groups in total. The highest BCUT2D eigenvalue weighted by atomic mass is 19.2. The number of aromatic nitrogens is 1. The summed E-state index contributed by atoms with van der Waals surface area (Å²) in [7, 11) is 0.422. The van der Waals surface area contributed by atoms with Crippen LogP contribution in [-0.4, -0.2) is 40.7 Å². The molecule has 1 aliphatic heterocycles. The Hall–Kier alpha value is -3.53. The lowest BCUT2D eigenvalue weighted by Crippen LogP contribution is -2.26. The minimum Gasteiger partial charge on any atom is -0.490 e. The van der Waals surface area contributed by atoms with Crippen LogP contribution in [0.5, 0.6) is 5.75 Å². The number of aryl methyl sites for hydroxylation is 1. The Labute approximate surface area is 185 Å². The summed E-state index contributed by atoms with van der Waals surface area (Å²) in [6.07, 6.45) is 7.06. The summed E-state index contributed by atoms with van der Waals surface area (Å²) in [5, 5.41) is 11.3. The van der Waals surface area contributed by atoms with Crippen LogP contribution in [-0.2, 0) is 7.05 Å². The molecule has 0 saturated carbocycles. The largest absolute Gasteiger partial charge is 0.935 e. The van der Waals surface area contributed by atoms with Gasteiger partial charge in [-0.2, -0.15) is 0 Å². The Morgan fingerprint density at radius 1 is 1.34 bits per heavy atom. The third-order valence-corrected chi connectivity index (χ3v) is 5.23. The zero-order chi connectivity index (χ0) is 23.4. The van der Waals surface area contributed by atoms with Gasteiger partial charge in [-0.25, -0.2) is 13.1 Å². The molecular weight excluding hydrogens is 417 g/mol. The number of ether oxygens (including phenoxy) is 1. The van der Waals surface area contributed by atoms with Crippen molar-refractivity contribution in [3.63, 3.8) is 0 Å². The van der Waals surface area contributed by atoms with E-state index in [4.69, 9.17) is 10.5 Å². The van der Waals surface area contributed by atoms with Gasteiger partial charge in [0.1, 0.15) is 0 Å². The molecule has 1 aliphatic rings. The van der Waals surface area contributed by atoms with Crippen molar-refractivity contribution in [2.75, 3.05) is 13.7 Å². The summed E-state index contributed by atoms with van der Waals surface area (Å²) < 4.78 is 36.3. The van der Waals surface area contributed by atoms with Gasteiger partial charge in [-0.3, -0.25) is 10.1 Å². The molecule has 2 aromatic rings. The van der Waals surface area contributed by atoms with Crippen molar-refractivity contribution in [1.82, 2.24) is 4.57 Å². The van der Waals surface area contributed by atoms with Gasteiger partial charge < -0.3 is 15.0 Å². The van der Waals surface area contributed by atoms with Gasteiger partial charge in [0, 0.05) is 42.6 Å². The van der Waals surface area contributed by atoms with E-state index in [1.54, 1.807) is 25.1 Å². The fourth-order valence-corrected chi connectivity index (χ4v) is 3.82. The van der Waals surface area contributed by atoms with Gasteiger partial charge in [0.2, 0.25) is 0 Å². The highest BCUT2D eigenvalue weighted by Crippen LogP contribution is 2.32. The number of hydrogen-bond acceptors (Lipinski definition) is 4. The van der Waals surface area contributed by atoms with E-state index >= 15 is 0 Å². The molecular formula is C22H24BF2N4O3+. The topological polar surface area (TPSA) is 86.3 Å². The Balaban J connectivity index is 2.11. The zero-order valence-electron chi connectivity index (χ0n) is 18.1. The van der Waals surface area contributed by atoms with Crippen LogP contribution in [0.1, 0.15) is 24.6 Å². The van der Waals surface area contributed by atoms with Crippen LogP contribution >= 0.6 is 0 Å². The number of benzene rings is 1. The normalized spacial score (nSPS) is 15.4. The predicted octanol–water partition coefficient (Wildman–Crippen LogP) is 4.05. The van der Waals surface area contributed by atoms with Gasteiger partial charge in [-0.05, 0) is 49.7 Å². The first-order valence-corrected chi connectivity index (χ1v) is 9.97. The van der Waals surface area contributed by atoms with E-state index in [1.807, 2.05) is 29.9 Å². The summed E-state index contributed by atoms with van der Waals surface area (Å²) in [5.41, 5.74) is 9.05. The number of nitrogens with zero attached hydrogens (tertiary/aromatic N) is 3. The lowest BCUT2D eigenvalue weighted by Gasteiger charge is -2.11. The molecule has 0 aliphatic carbocycles. The molecule has 3 rings (SSSR count). The molecule has 0 atom stereocenters. The number of nitrogens with two attached hydrogens (primary N) is 1. The number of halogens is 2. The van der Waals surface area contributed by atoms with Gasteiger partial charge in [0.05, 0.1) is 17.7 Å². The predicted molar refractivity (Wildman–Crippen MR) is 122 cm³/mol. The molecule has 166 valence electrons. The van der Waals surface area contributed by atoms with Gasteiger partial charge in [0.15, 0.2) is 17.2 Å². The minimum absolute atomic E-state index is 0.129. The highest BCUT2D eigenvalue weighted by molar-refractivity contribution is 6.36. The molecule has 0 fully saturated rings. The van der Waals surface area contributed by atoms with E-state index in [1.165, 1.54) is 25.3 Å². The second-order valence-corrected chi connectivity index (χ2v) is 7.29. The summed E-state index contributed by atoms with van der Waals surface area (Å²) >= 11 is 0. The molecule has 0 bridgehead atoms. The summed E-state index contributed by atoms with van der Waals surface area (Å²) in [4.78, 5) is 10.7. The lowest BCUT2D eigenvalue weighted by atomic mass is 10.00. The molecule has 7 nitrogen and oxygen atoms in total. The molecule has 0 unspecified atom stereocenters. The third kappa shape index (κ3) is 4.55. The molecule has 0 spiro atoms. The summed E-state index contributed by atoms with van der Waals surface area (Å²) in [6, 6.07) is 8.17. The number of methoxy groups -OCH3 is 1. The van der Waals surface area contributed by atoms with E-state index in [9.17, 15) is 18.7 Å². The number of allylic oxidation sites excluding steroid dienone is 3. The average molecular weight is 441 g/mol. The second kappa shape index (κ2) is 9.74. The number of hydrogen-bond donors (Lipinski definition) is 1. The Bertz CT molecular complexity index is 1170. The minimum atomic E-state index is -2.78. The van der Waals surface area contributed by atoms with Gasteiger partial charge in [-0.15, -0.1) is 0 Å². The first-order chi connectivity index (χ1) is 15.3. The summed E-state index contributed by atoms with van der Waals surface area (Å²) in [6.45, 7) is 2.10. The van der Waals surface area contributed by atoms with Crippen molar-refractivity contribution in [2.24, 2.45) is 12.8 Å². The van der Waals surface area contributed by atoms with E-state index in [0.717, 1.165) is 15.8 Å². The van der Waals surface area contributed by atoms with Crippen LogP contribution < -0.4 is 10.5 Å². The van der Waals surface area contributed by atoms with E-state index in [0.29, 0.717) is 29.8 Å². The quantitative estimate of drug-likeness (QED) is 0.381. The smallest absolute Gasteiger partial charge is 0.490 e. The van der Waals surface area contributed by atoms with Crippen LogP contribution in [0, 0.1) is 10.1 Å². The molecule has 1 aromatic heterocycles. The van der Waals surface area contributed by atoms with Crippen molar-refractivity contribution >= 4 is 30.5 Å². The van der Waals surface area contributed by atoms with Crippen LogP contribution in [0.25, 0.3) is 11.6 Å². The zero-order valence-corrected chi connectivity index (χ0v) is 18.1. The molecule has 1 aromatic carbocycles. The van der Waals surface area contributed by atoms with Crippen LogP contribution in [0.4, 0.5) is 14.3 Å². The van der Waals surface area contributed by atoms with Crippen molar-refractivity contribution in [3.8, 4) is 5.75 Å². The van der Waals surface area contributed by atoms with Gasteiger partial charge >= 0.3 is 13.1 Å². The Morgan fingerprint density at radius 3 is 2.66 bits per heavy atom. The molecule has 0 amide bonds. The molecule has 32 heavy (non-hydrogen) atoms. The van der Waals surface area contributed by atoms with E-state index < -0.39 is 12.3 Å². The standard InChI is InChI=1S/C22H24BF2N4O3/c1-15-13-17(8-6-16-7-9-21(32-3)20(14-16)29(30)31)28(23(24)25)22(15)18(10-11-26)19-5-4-12-27(19)2/h4-9,12-14H,10-11,26H2,1-3H3/q+1/b8-6+. The second-order valence-electron chi connectivity index (χ2n) is 7.29.